The number of aryl methyl sites for hydroxylation is 1. The van der Waals surface area contributed by atoms with Gasteiger partial charge in [0.15, 0.2) is 5.11 Å². The maximum Gasteiger partial charge on any atom is 0.269 e. The Morgan fingerprint density at radius 1 is 1.58 bits per heavy atom. The van der Waals surface area contributed by atoms with Gasteiger partial charge in [0.1, 0.15) is 5.76 Å². The summed E-state index contributed by atoms with van der Waals surface area (Å²) in [5, 5.41) is 16.3. The number of hydrogen-bond donors (Lipinski definition) is 2. The average molecular weight is 278 g/mol. The molecule has 9 heteroatoms. The van der Waals surface area contributed by atoms with Gasteiger partial charge in [-0.1, -0.05) is 5.10 Å². The molecular formula is C10H10N6O2S. The van der Waals surface area contributed by atoms with E-state index in [1.807, 2.05) is 0 Å². The van der Waals surface area contributed by atoms with E-state index in [4.69, 9.17) is 16.6 Å². The molecule has 2 aromatic heterocycles. The molecule has 2 heterocycles. The van der Waals surface area contributed by atoms with Crippen LogP contribution in [0.1, 0.15) is 5.76 Å². The Morgan fingerprint density at radius 2 is 2.42 bits per heavy atom. The fraction of sp³-hybridized carbons (Fsp3) is 0.100. The Labute approximate surface area is 113 Å². The second-order valence-electron chi connectivity index (χ2n) is 3.39. The van der Waals surface area contributed by atoms with E-state index in [0.717, 1.165) is 0 Å². The highest BCUT2D eigenvalue weighted by atomic mass is 32.1. The first-order chi connectivity index (χ1) is 9.13. The Kier molecular flexibility index (Phi) is 3.98. The Morgan fingerprint density at radius 3 is 3.05 bits per heavy atom. The number of thiocarbonyl (C=S) groups is 1. The molecule has 2 rings (SSSR count). The number of aromatic nitrogens is 4. The molecule has 0 aliphatic carbocycles. The molecule has 0 fully saturated rings. The highest BCUT2D eigenvalue weighted by molar-refractivity contribution is 7.80. The molecule has 2 N–H and O–H groups in total. The predicted molar refractivity (Wildman–Crippen MR) is 70.9 cm³/mol. The lowest BCUT2D eigenvalue weighted by molar-refractivity contribution is -0.115. The van der Waals surface area contributed by atoms with E-state index >= 15 is 0 Å². The SMILES string of the molecule is Cn1nnc(NC(=S)NC(=O)/C=C/c2ccco2)n1. The molecule has 8 nitrogen and oxygen atoms in total. The summed E-state index contributed by atoms with van der Waals surface area (Å²) in [5.41, 5.74) is 0. The summed E-state index contributed by atoms with van der Waals surface area (Å²) in [4.78, 5) is 12.8. The van der Waals surface area contributed by atoms with Crippen LogP contribution in [0.4, 0.5) is 5.95 Å². The first-order valence-electron chi connectivity index (χ1n) is 5.21. The molecule has 19 heavy (non-hydrogen) atoms. The zero-order chi connectivity index (χ0) is 13.7. The van der Waals surface area contributed by atoms with Gasteiger partial charge in [-0.25, -0.2) is 0 Å². The number of anilines is 1. The van der Waals surface area contributed by atoms with Crippen LogP contribution >= 0.6 is 12.2 Å². The summed E-state index contributed by atoms with van der Waals surface area (Å²) >= 11 is 4.92. The Bertz CT molecular complexity index is 603. The highest BCUT2D eigenvalue weighted by Crippen LogP contribution is 2.01. The molecule has 98 valence electrons. The van der Waals surface area contributed by atoms with Crippen LogP contribution in [0, 0.1) is 0 Å². The predicted octanol–water partition coefficient (Wildman–Crippen LogP) is 0.329. The van der Waals surface area contributed by atoms with Crippen molar-refractivity contribution in [3.63, 3.8) is 0 Å². The number of carbonyl (C=O) groups excluding carboxylic acids is 1. The van der Waals surface area contributed by atoms with Crippen molar-refractivity contribution in [2.24, 2.45) is 7.05 Å². The third kappa shape index (κ3) is 4.00. The fourth-order valence-electron chi connectivity index (χ4n) is 1.16. The van der Waals surface area contributed by atoms with Crippen LogP contribution in [0.5, 0.6) is 0 Å². The van der Waals surface area contributed by atoms with Crippen LogP contribution in [-0.2, 0) is 11.8 Å². The van der Waals surface area contributed by atoms with Gasteiger partial charge < -0.3 is 4.42 Å². The van der Waals surface area contributed by atoms with E-state index in [9.17, 15) is 4.79 Å². The minimum Gasteiger partial charge on any atom is -0.465 e. The first kappa shape index (κ1) is 12.9. The summed E-state index contributed by atoms with van der Waals surface area (Å²) in [6.07, 6.45) is 4.35. The van der Waals surface area contributed by atoms with Crippen molar-refractivity contribution in [3.8, 4) is 0 Å². The molecular weight excluding hydrogens is 268 g/mol. The third-order valence-corrected chi connectivity index (χ3v) is 2.12. The van der Waals surface area contributed by atoms with Gasteiger partial charge in [0.25, 0.3) is 5.95 Å². The van der Waals surface area contributed by atoms with Crippen molar-refractivity contribution in [1.29, 1.82) is 0 Å². The molecule has 0 aromatic carbocycles. The number of amides is 1. The van der Waals surface area contributed by atoms with Crippen molar-refractivity contribution in [3.05, 3.63) is 30.2 Å². The van der Waals surface area contributed by atoms with E-state index in [0.29, 0.717) is 5.76 Å². The number of tetrazole rings is 1. The average Bonchev–Trinajstić information content (AvgIpc) is 2.98. The molecule has 0 atom stereocenters. The fourth-order valence-corrected chi connectivity index (χ4v) is 1.36. The van der Waals surface area contributed by atoms with E-state index in [2.05, 4.69) is 26.0 Å². The van der Waals surface area contributed by atoms with E-state index < -0.39 is 5.91 Å². The highest BCUT2D eigenvalue weighted by Gasteiger charge is 2.05. The standard InChI is InChI=1S/C10H10N6O2S/c1-16-14-9(13-15-16)12-10(19)11-8(17)5-4-7-3-2-6-18-7/h2-6H,1H3,(H2,11,12,14,17,19)/b5-4+. The van der Waals surface area contributed by atoms with Gasteiger partial charge in [0, 0.05) is 6.08 Å². The molecule has 0 unspecified atom stereocenters. The number of furan rings is 1. The molecule has 0 spiro atoms. The van der Waals surface area contributed by atoms with Crippen molar-refractivity contribution in [2.75, 3.05) is 5.32 Å². The molecule has 0 radical (unpaired) electrons. The maximum atomic E-state index is 11.5. The smallest absolute Gasteiger partial charge is 0.269 e. The second kappa shape index (κ2) is 5.87. The zero-order valence-electron chi connectivity index (χ0n) is 9.90. The number of rotatable bonds is 3. The van der Waals surface area contributed by atoms with Crippen LogP contribution in [-0.4, -0.2) is 31.2 Å². The van der Waals surface area contributed by atoms with Gasteiger partial charge in [-0.3, -0.25) is 15.4 Å². The summed E-state index contributed by atoms with van der Waals surface area (Å²) in [6.45, 7) is 0. The summed E-state index contributed by atoms with van der Waals surface area (Å²) in [5.74, 6) is 0.394. The number of nitrogens with zero attached hydrogens (tertiary/aromatic N) is 4. The largest absolute Gasteiger partial charge is 0.465 e. The van der Waals surface area contributed by atoms with Gasteiger partial charge in [0.2, 0.25) is 5.91 Å². The molecule has 1 amide bonds. The van der Waals surface area contributed by atoms with Gasteiger partial charge in [-0.05, 0) is 35.6 Å². The molecule has 0 aliphatic heterocycles. The van der Waals surface area contributed by atoms with Crippen LogP contribution < -0.4 is 10.6 Å². The monoisotopic (exact) mass is 278 g/mol. The van der Waals surface area contributed by atoms with Crippen LogP contribution in [0.2, 0.25) is 0 Å². The quantitative estimate of drug-likeness (QED) is 0.616. The molecule has 0 aliphatic rings. The van der Waals surface area contributed by atoms with Crippen LogP contribution in [0.25, 0.3) is 6.08 Å². The minimum atomic E-state index is -0.391. The van der Waals surface area contributed by atoms with Crippen LogP contribution in [0.3, 0.4) is 0 Å². The van der Waals surface area contributed by atoms with Gasteiger partial charge in [-0.15, -0.1) is 5.10 Å². The summed E-state index contributed by atoms with van der Waals surface area (Å²) in [7, 11) is 1.62. The van der Waals surface area contributed by atoms with E-state index in [-0.39, 0.29) is 11.1 Å². The number of carbonyl (C=O) groups is 1. The lowest BCUT2D eigenvalue weighted by Crippen LogP contribution is -2.33. The third-order valence-electron chi connectivity index (χ3n) is 1.91. The van der Waals surface area contributed by atoms with Gasteiger partial charge >= 0.3 is 0 Å². The van der Waals surface area contributed by atoms with Gasteiger partial charge in [0.05, 0.1) is 13.3 Å². The minimum absolute atomic E-state index is 0.0853. The van der Waals surface area contributed by atoms with Crippen LogP contribution in [0.15, 0.2) is 28.9 Å². The van der Waals surface area contributed by atoms with Crippen molar-refractivity contribution < 1.29 is 9.21 Å². The van der Waals surface area contributed by atoms with Gasteiger partial charge in [-0.2, -0.15) is 4.80 Å². The Hall–Kier alpha value is -2.55. The second-order valence-corrected chi connectivity index (χ2v) is 3.80. The van der Waals surface area contributed by atoms with Crippen molar-refractivity contribution in [1.82, 2.24) is 25.5 Å². The Balaban J connectivity index is 1.83. The summed E-state index contributed by atoms with van der Waals surface area (Å²) < 4.78 is 5.04. The lowest BCUT2D eigenvalue weighted by Gasteiger charge is -2.02. The maximum absolute atomic E-state index is 11.5. The zero-order valence-corrected chi connectivity index (χ0v) is 10.7. The topological polar surface area (TPSA) is 97.9 Å². The van der Waals surface area contributed by atoms with E-state index in [1.165, 1.54) is 23.2 Å². The lowest BCUT2D eigenvalue weighted by atomic mass is 10.4. The number of nitrogens with one attached hydrogen (secondary N) is 2. The van der Waals surface area contributed by atoms with Crippen molar-refractivity contribution >= 4 is 35.3 Å². The molecule has 0 saturated heterocycles. The molecule has 0 saturated carbocycles. The number of hydrogen-bond acceptors (Lipinski definition) is 6. The molecule has 2 aromatic rings. The van der Waals surface area contributed by atoms with E-state index in [1.54, 1.807) is 19.2 Å². The van der Waals surface area contributed by atoms with Crippen molar-refractivity contribution in [2.45, 2.75) is 0 Å². The molecule has 0 bridgehead atoms. The summed E-state index contributed by atoms with van der Waals surface area (Å²) in [6, 6.07) is 3.45. The first-order valence-corrected chi connectivity index (χ1v) is 5.62. The normalized spacial score (nSPS) is 10.6.